The fourth-order valence-corrected chi connectivity index (χ4v) is 3.52. The fraction of sp³-hybridized carbons (Fsp3) is 0.200. The van der Waals surface area contributed by atoms with E-state index in [0.717, 1.165) is 17.0 Å². The first-order chi connectivity index (χ1) is 14.1. The maximum atomic E-state index is 12.1. The predicted octanol–water partition coefficient (Wildman–Crippen LogP) is 3.87. The van der Waals surface area contributed by atoms with Gasteiger partial charge in [0.05, 0.1) is 19.1 Å². The molecular weight excluding hydrogens is 410 g/mol. The molecule has 0 aliphatic heterocycles. The monoisotopic (exact) mass is 429 g/mol. The number of nitrogens with zero attached hydrogens (tertiary/aromatic N) is 4. The molecular formula is C20H20ClN5O2S. The van der Waals surface area contributed by atoms with Crippen LogP contribution in [-0.4, -0.2) is 39.7 Å². The lowest BCUT2D eigenvalue weighted by Crippen LogP contribution is -2.20. The first kappa shape index (κ1) is 20.9. The molecule has 150 valence electrons. The lowest BCUT2D eigenvalue weighted by Gasteiger charge is -2.07. The number of amides is 1. The Morgan fingerprint density at radius 3 is 2.72 bits per heavy atom. The molecule has 0 unspecified atom stereocenters. The first-order valence-electron chi connectivity index (χ1n) is 8.89. The van der Waals surface area contributed by atoms with Crippen molar-refractivity contribution in [1.82, 2.24) is 20.2 Å². The van der Waals surface area contributed by atoms with Gasteiger partial charge in [-0.2, -0.15) is 5.10 Å². The highest BCUT2D eigenvalue weighted by Gasteiger charge is 2.14. The van der Waals surface area contributed by atoms with Crippen molar-refractivity contribution in [2.75, 3.05) is 12.9 Å². The molecule has 7 nitrogen and oxygen atoms in total. The second-order valence-electron chi connectivity index (χ2n) is 5.88. The maximum Gasteiger partial charge on any atom is 0.250 e. The molecule has 0 saturated heterocycles. The van der Waals surface area contributed by atoms with Gasteiger partial charge in [0.25, 0.3) is 5.91 Å². The molecule has 0 atom stereocenters. The van der Waals surface area contributed by atoms with Crippen molar-refractivity contribution in [3.8, 4) is 17.1 Å². The summed E-state index contributed by atoms with van der Waals surface area (Å²) in [4.78, 5) is 12.1. The third-order valence-corrected chi connectivity index (χ3v) is 5.22. The summed E-state index contributed by atoms with van der Waals surface area (Å²) < 4.78 is 7.20. The molecule has 2 aromatic carbocycles. The summed E-state index contributed by atoms with van der Waals surface area (Å²) >= 11 is 7.26. The molecule has 1 amide bonds. The molecule has 0 aliphatic rings. The molecule has 0 bridgehead atoms. The molecule has 3 aromatic rings. The number of thioether (sulfide) groups is 1. The van der Waals surface area contributed by atoms with Gasteiger partial charge in [0.1, 0.15) is 5.75 Å². The van der Waals surface area contributed by atoms with E-state index in [9.17, 15) is 4.79 Å². The molecule has 0 spiro atoms. The molecule has 0 aliphatic carbocycles. The van der Waals surface area contributed by atoms with Gasteiger partial charge >= 0.3 is 0 Å². The van der Waals surface area contributed by atoms with Crippen LogP contribution in [0, 0.1) is 0 Å². The van der Waals surface area contributed by atoms with Crippen LogP contribution in [0.5, 0.6) is 5.75 Å². The summed E-state index contributed by atoms with van der Waals surface area (Å²) in [5, 5.41) is 13.8. The summed E-state index contributed by atoms with van der Waals surface area (Å²) in [5.41, 5.74) is 4.21. The van der Waals surface area contributed by atoms with Crippen LogP contribution in [0.1, 0.15) is 12.5 Å². The van der Waals surface area contributed by atoms with Crippen molar-refractivity contribution in [2.45, 2.75) is 18.6 Å². The predicted molar refractivity (Wildman–Crippen MR) is 116 cm³/mol. The van der Waals surface area contributed by atoms with Crippen molar-refractivity contribution in [1.29, 1.82) is 0 Å². The van der Waals surface area contributed by atoms with Crippen molar-refractivity contribution < 1.29 is 9.53 Å². The minimum absolute atomic E-state index is 0.169. The second kappa shape index (κ2) is 10.1. The van der Waals surface area contributed by atoms with Crippen molar-refractivity contribution in [3.63, 3.8) is 0 Å². The topological polar surface area (TPSA) is 81.4 Å². The quantitative estimate of drug-likeness (QED) is 0.334. The summed E-state index contributed by atoms with van der Waals surface area (Å²) in [6, 6.07) is 14.8. The third kappa shape index (κ3) is 5.36. The number of ether oxygens (including phenoxy) is 1. The molecule has 9 heteroatoms. The highest BCUT2D eigenvalue weighted by atomic mass is 35.5. The van der Waals surface area contributed by atoms with E-state index in [2.05, 4.69) is 20.7 Å². The van der Waals surface area contributed by atoms with E-state index in [1.807, 2.05) is 60.0 Å². The second-order valence-corrected chi connectivity index (χ2v) is 7.26. The highest BCUT2D eigenvalue weighted by molar-refractivity contribution is 7.99. The van der Waals surface area contributed by atoms with E-state index < -0.39 is 0 Å². The minimum atomic E-state index is -0.236. The number of hydrogen-bond donors (Lipinski definition) is 1. The average molecular weight is 430 g/mol. The van der Waals surface area contributed by atoms with Gasteiger partial charge in [-0.1, -0.05) is 35.5 Å². The molecule has 0 saturated carbocycles. The smallest absolute Gasteiger partial charge is 0.250 e. The van der Waals surface area contributed by atoms with E-state index in [1.54, 1.807) is 13.3 Å². The van der Waals surface area contributed by atoms with Crippen LogP contribution in [-0.2, 0) is 11.3 Å². The number of rotatable bonds is 8. The van der Waals surface area contributed by atoms with Gasteiger partial charge in [-0.05, 0) is 43.3 Å². The summed E-state index contributed by atoms with van der Waals surface area (Å²) in [7, 11) is 1.59. The Bertz CT molecular complexity index is 1000. The number of para-hydroxylation sites is 1. The first-order valence-corrected chi connectivity index (χ1v) is 10.3. The minimum Gasteiger partial charge on any atom is -0.496 e. The largest absolute Gasteiger partial charge is 0.496 e. The summed E-state index contributed by atoms with van der Waals surface area (Å²) in [5.74, 6) is 1.36. The van der Waals surface area contributed by atoms with Crippen LogP contribution >= 0.6 is 23.4 Å². The van der Waals surface area contributed by atoms with Crippen molar-refractivity contribution >= 4 is 35.5 Å². The molecule has 1 aromatic heterocycles. The zero-order chi connectivity index (χ0) is 20.6. The number of hydrogen-bond acceptors (Lipinski definition) is 6. The van der Waals surface area contributed by atoms with Crippen molar-refractivity contribution in [3.05, 3.63) is 59.1 Å². The number of aromatic nitrogens is 3. The number of carbonyl (C=O) groups excluding carboxylic acids is 1. The Labute approximate surface area is 178 Å². The molecule has 29 heavy (non-hydrogen) atoms. The lowest BCUT2D eigenvalue weighted by atomic mass is 10.2. The average Bonchev–Trinajstić information content (AvgIpc) is 3.16. The molecule has 0 fully saturated rings. The molecule has 3 rings (SSSR count). The molecule has 1 heterocycles. The van der Waals surface area contributed by atoms with E-state index >= 15 is 0 Å². The Morgan fingerprint density at radius 1 is 1.24 bits per heavy atom. The summed E-state index contributed by atoms with van der Waals surface area (Å²) in [6.07, 6.45) is 1.55. The third-order valence-electron chi connectivity index (χ3n) is 4.00. The van der Waals surface area contributed by atoms with E-state index in [1.165, 1.54) is 11.8 Å². The van der Waals surface area contributed by atoms with E-state index in [0.29, 0.717) is 22.5 Å². The van der Waals surface area contributed by atoms with Crippen LogP contribution < -0.4 is 10.2 Å². The maximum absolute atomic E-state index is 12.1. The number of hydrazone groups is 1. The number of carbonyl (C=O) groups is 1. The van der Waals surface area contributed by atoms with Gasteiger partial charge in [0, 0.05) is 22.7 Å². The molecule has 1 N–H and O–H groups in total. The lowest BCUT2D eigenvalue weighted by molar-refractivity contribution is -0.118. The van der Waals surface area contributed by atoms with Crippen LogP contribution in [0.2, 0.25) is 5.02 Å². The fourth-order valence-electron chi connectivity index (χ4n) is 2.60. The van der Waals surface area contributed by atoms with Gasteiger partial charge < -0.3 is 9.30 Å². The number of nitrogens with one attached hydrogen (secondary N) is 1. The normalized spacial score (nSPS) is 11.0. The van der Waals surface area contributed by atoms with E-state index in [4.69, 9.17) is 16.3 Å². The van der Waals surface area contributed by atoms with Crippen LogP contribution in [0.4, 0.5) is 0 Å². The van der Waals surface area contributed by atoms with Crippen molar-refractivity contribution in [2.24, 2.45) is 5.10 Å². The Hall–Kier alpha value is -2.84. The SMILES string of the molecule is CCn1c(SCC(=O)N/N=C/c2ccccc2OC)nnc1-c1ccc(Cl)cc1. The molecule has 0 radical (unpaired) electrons. The van der Waals surface area contributed by atoms with Crippen LogP contribution in [0.25, 0.3) is 11.4 Å². The number of halogens is 1. The van der Waals surface area contributed by atoms with Gasteiger partial charge in [-0.15, -0.1) is 10.2 Å². The van der Waals surface area contributed by atoms with Gasteiger partial charge in [0.2, 0.25) is 0 Å². The van der Waals surface area contributed by atoms with Gasteiger partial charge in [-0.25, -0.2) is 5.43 Å². The standard InChI is InChI=1S/C20H20ClN5O2S/c1-3-26-19(14-8-10-16(21)11-9-14)24-25-20(26)29-13-18(27)23-22-12-15-6-4-5-7-17(15)28-2/h4-12H,3,13H2,1-2H3,(H,23,27)/b22-12+. The van der Waals surface area contributed by atoms with Crippen LogP contribution in [0.3, 0.4) is 0 Å². The zero-order valence-corrected chi connectivity index (χ0v) is 17.6. The Morgan fingerprint density at radius 2 is 2.00 bits per heavy atom. The van der Waals surface area contributed by atoms with Gasteiger partial charge in [-0.3, -0.25) is 4.79 Å². The number of methoxy groups -OCH3 is 1. The number of benzene rings is 2. The van der Waals surface area contributed by atoms with E-state index in [-0.39, 0.29) is 11.7 Å². The van der Waals surface area contributed by atoms with Gasteiger partial charge in [0.15, 0.2) is 11.0 Å². The van der Waals surface area contributed by atoms with Crippen LogP contribution in [0.15, 0.2) is 58.8 Å². The highest BCUT2D eigenvalue weighted by Crippen LogP contribution is 2.25. The Balaban J connectivity index is 1.60. The Kier molecular flexibility index (Phi) is 7.26. The zero-order valence-electron chi connectivity index (χ0n) is 16.0. The summed E-state index contributed by atoms with van der Waals surface area (Å²) in [6.45, 7) is 2.69.